The average Bonchev–Trinajstić information content (AvgIpc) is 1.94. The summed E-state index contributed by atoms with van der Waals surface area (Å²) in [6.45, 7) is 0. The van der Waals surface area contributed by atoms with Crippen molar-refractivity contribution in [1.82, 2.24) is 0 Å². The van der Waals surface area contributed by atoms with Gasteiger partial charge in [0.25, 0.3) is 0 Å². The molecule has 0 spiro atoms. The van der Waals surface area contributed by atoms with E-state index < -0.39 is 22.4 Å². The van der Waals surface area contributed by atoms with E-state index in [1.54, 1.807) is 7.11 Å². The summed E-state index contributed by atoms with van der Waals surface area (Å²) < 4.78 is 5.47. The van der Waals surface area contributed by atoms with Crippen molar-refractivity contribution >= 4 is 0 Å². The Labute approximate surface area is 88.9 Å². The molecule has 4 rings (SSSR count). The zero-order chi connectivity index (χ0) is 10.9. The second-order valence-corrected chi connectivity index (χ2v) is 6.12. The molecule has 4 aliphatic carbocycles. The second-order valence-electron chi connectivity index (χ2n) is 6.12. The molecule has 0 saturated heterocycles. The maximum atomic E-state index is 10.3. The fourth-order valence-corrected chi connectivity index (χ4v) is 4.60. The van der Waals surface area contributed by atoms with Crippen LogP contribution in [0.3, 0.4) is 0 Å². The molecule has 0 radical (unpaired) electrons. The molecule has 0 amide bonds. The number of ether oxygens (including phenoxy) is 1. The minimum Gasteiger partial charge on any atom is -0.390 e. The molecule has 4 nitrogen and oxygen atoms in total. The van der Waals surface area contributed by atoms with Gasteiger partial charge in [-0.15, -0.1) is 0 Å². The van der Waals surface area contributed by atoms with Crippen molar-refractivity contribution in [2.24, 2.45) is 0 Å². The molecule has 0 atom stereocenters. The van der Waals surface area contributed by atoms with Crippen LogP contribution in [0, 0.1) is 0 Å². The van der Waals surface area contributed by atoms with Crippen molar-refractivity contribution < 1.29 is 20.1 Å². The number of hydrogen-bond donors (Lipinski definition) is 3. The normalized spacial score (nSPS) is 62.4. The highest BCUT2D eigenvalue weighted by Crippen LogP contribution is 2.61. The summed E-state index contributed by atoms with van der Waals surface area (Å²) in [5.41, 5.74) is -3.33. The Balaban J connectivity index is 2.06. The molecule has 15 heavy (non-hydrogen) atoms. The van der Waals surface area contributed by atoms with Gasteiger partial charge < -0.3 is 20.1 Å². The van der Waals surface area contributed by atoms with Gasteiger partial charge in [0.2, 0.25) is 0 Å². The molecule has 0 aliphatic heterocycles. The highest BCUT2D eigenvalue weighted by Gasteiger charge is 2.68. The molecule has 0 aromatic heterocycles. The molecular formula is C11H18O4. The zero-order valence-corrected chi connectivity index (χ0v) is 8.99. The summed E-state index contributed by atoms with van der Waals surface area (Å²) >= 11 is 0. The Kier molecular flexibility index (Phi) is 1.60. The molecule has 4 saturated carbocycles. The Bertz CT molecular complexity index is 260. The summed E-state index contributed by atoms with van der Waals surface area (Å²) in [6.07, 6.45) is 2.78. The molecule has 3 N–H and O–H groups in total. The van der Waals surface area contributed by atoms with Gasteiger partial charge in [-0.3, -0.25) is 0 Å². The summed E-state index contributed by atoms with van der Waals surface area (Å²) in [5, 5.41) is 31.0. The van der Waals surface area contributed by atoms with Crippen LogP contribution in [0.15, 0.2) is 0 Å². The molecule has 0 unspecified atom stereocenters. The fourth-order valence-electron chi connectivity index (χ4n) is 4.60. The lowest BCUT2D eigenvalue weighted by molar-refractivity contribution is -0.303. The van der Waals surface area contributed by atoms with Crippen LogP contribution in [-0.2, 0) is 4.74 Å². The Morgan fingerprint density at radius 1 is 0.733 bits per heavy atom. The van der Waals surface area contributed by atoms with Gasteiger partial charge in [0.1, 0.15) is 0 Å². The van der Waals surface area contributed by atoms with Gasteiger partial charge in [-0.2, -0.15) is 0 Å². The number of hydrogen-bond acceptors (Lipinski definition) is 4. The van der Waals surface area contributed by atoms with E-state index in [1.807, 2.05) is 0 Å². The molecule has 4 fully saturated rings. The van der Waals surface area contributed by atoms with E-state index in [0.29, 0.717) is 38.5 Å². The average molecular weight is 214 g/mol. The van der Waals surface area contributed by atoms with E-state index in [9.17, 15) is 15.3 Å². The van der Waals surface area contributed by atoms with Crippen molar-refractivity contribution in [1.29, 1.82) is 0 Å². The van der Waals surface area contributed by atoms with E-state index in [0.717, 1.165) is 0 Å². The van der Waals surface area contributed by atoms with Crippen molar-refractivity contribution in [3.63, 3.8) is 0 Å². The van der Waals surface area contributed by atoms with Gasteiger partial charge >= 0.3 is 0 Å². The third-order valence-corrected chi connectivity index (χ3v) is 4.36. The molecular weight excluding hydrogens is 196 g/mol. The third kappa shape index (κ3) is 1.29. The minimum absolute atomic E-state index is 0.382. The Morgan fingerprint density at radius 3 is 1.33 bits per heavy atom. The van der Waals surface area contributed by atoms with Crippen LogP contribution in [0.5, 0.6) is 0 Å². The van der Waals surface area contributed by atoms with E-state index in [4.69, 9.17) is 4.74 Å². The highest BCUT2D eigenvalue weighted by atomic mass is 16.5. The van der Waals surface area contributed by atoms with E-state index >= 15 is 0 Å². The molecule has 86 valence electrons. The molecule has 0 aromatic carbocycles. The van der Waals surface area contributed by atoms with Gasteiger partial charge in [-0.05, 0) is 0 Å². The summed E-state index contributed by atoms with van der Waals surface area (Å²) in [4.78, 5) is 0. The first-order valence-electron chi connectivity index (χ1n) is 5.53. The predicted molar refractivity (Wildman–Crippen MR) is 52.3 cm³/mol. The van der Waals surface area contributed by atoms with Crippen LogP contribution >= 0.6 is 0 Å². The van der Waals surface area contributed by atoms with Gasteiger partial charge in [0.05, 0.1) is 22.4 Å². The zero-order valence-electron chi connectivity index (χ0n) is 8.99. The summed E-state index contributed by atoms with van der Waals surface area (Å²) in [7, 11) is 1.60. The van der Waals surface area contributed by atoms with Gasteiger partial charge in [-0.25, -0.2) is 0 Å². The summed E-state index contributed by atoms with van der Waals surface area (Å²) in [6, 6.07) is 0. The molecule has 0 heterocycles. The maximum Gasteiger partial charge on any atom is 0.0760 e. The van der Waals surface area contributed by atoms with Crippen molar-refractivity contribution in [2.45, 2.75) is 60.9 Å². The Hall–Kier alpha value is -0.160. The predicted octanol–water partition coefficient (Wildman–Crippen LogP) is -0.0537. The molecule has 4 bridgehead atoms. The Morgan fingerprint density at radius 2 is 1.07 bits per heavy atom. The van der Waals surface area contributed by atoms with Crippen LogP contribution in [0.2, 0.25) is 0 Å². The SMILES string of the molecule is COC12CC3(O)CC(O)(CC(O)(C3)C1)C2. The van der Waals surface area contributed by atoms with Crippen molar-refractivity contribution in [2.75, 3.05) is 7.11 Å². The van der Waals surface area contributed by atoms with Gasteiger partial charge in [0.15, 0.2) is 0 Å². The van der Waals surface area contributed by atoms with E-state index in [2.05, 4.69) is 0 Å². The first-order chi connectivity index (χ1) is 6.80. The van der Waals surface area contributed by atoms with Gasteiger partial charge in [0, 0.05) is 45.6 Å². The first-order valence-corrected chi connectivity index (χ1v) is 5.53. The fraction of sp³-hybridized carbons (Fsp3) is 1.00. The quantitative estimate of drug-likeness (QED) is 0.572. The smallest absolute Gasteiger partial charge is 0.0760 e. The lowest BCUT2D eigenvalue weighted by Gasteiger charge is -2.65. The van der Waals surface area contributed by atoms with Crippen LogP contribution in [0.25, 0.3) is 0 Å². The van der Waals surface area contributed by atoms with Crippen LogP contribution in [0.4, 0.5) is 0 Å². The number of rotatable bonds is 1. The standard InChI is InChI=1S/C11H18O4/c1-15-11-5-8(12)2-9(13,6-11)4-10(14,3-8)7-11/h12-14H,2-7H2,1H3. The topological polar surface area (TPSA) is 69.9 Å². The molecule has 0 aromatic rings. The van der Waals surface area contributed by atoms with Crippen LogP contribution in [-0.4, -0.2) is 44.8 Å². The van der Waals surface area contributed by atoms with Crippen LogP contribution < -0.4 is 0 Å². The second kappa shape index (κ2) is 2.40. The summed E-state index contributed by atoms with van der Waals surface area (Å²) in [5.74, 6) is 0. The van der Waals surface area contributed by atoms with E-state index in [-0.39, 0.29) is 0 Å². The van der Waals surface area contributed by atoms with Gasteiger partial charge in [-0.1, -0.05) is 0 Å². The molecule has 4 heteroatoms. The highest BCUT2D eigenvalue weighted by molar-refractivity contribution is 5.21. The third-order valence-electron chi connectivity index (χ3n) is 4.36. The lowest BCUT2D eigenvalue weighted by Crippen LogP contribution is -2.72. The van der Waals surface area contributed by atoms with Crippen LogP contribution in [0.1, 0.15) is 38.5 Å². The number of methoxy groups -OCH3 is 1. The van der Waals surface area contributed by atoms with Crippen molar-refractivity contribution in [3.05, 3.63) is 0 Å². The minimum atomic E-state index is -0.936. The molecule has 4 aliphatic rings. The lowest BCUT2D eigenvalue weighted by atomic mass is 9.48. The number of aliphatic hydroxyl groups is 3. The first kappa shape index (κ1) is 10.0. The largest absolute Gasteiger partial charge is 0.390 e. The monoisotopic (exact) mass is 214 g/mol. The van der Waals surface area contributed by atoms with E-state index in [1.165, 1.54) is 0 Å². The van der Waals surface area contributed by atoms with Crippen molar-refractivity contribution in [3.8, 4) is 0 Å². The maximum absolute atomic E-state index is 10.3.